The highest BCUT2D eigenvalue weighted by Crippen LogP contribution is 2.18. The molecule has 0 aliphatic rings. The van der Waals surface area contributed by atoms with Crippen LogP contribution < -0.4 is 11.2 Å². The summed E-state index contributed by atoms with van der Waals surface area (Å²) in [5, 5.41) is 13.5. The van der Waals surface area contributed by atoms with Gasteiger partial charge in [0.2, 0.25) is 11.7 Å². The third-order valence-corrected chi connectivity index (χ3v) is 3.81. The first-order valence-corrected chi connectivity index (χ1v) is 7.74. The van der Waals surface area contributed by atoms with Gasteiger partial charge < -0.3 is 4.52 Å². The summed E-state index contributed by atoms with van der Waals surface area (Å²) >= 11 is 5.84. The van der Waals surface area contributed by atoms with Gasteiger partial charge in [-0.25, -0.2) is 9.36 Å². The number of halogens is 1. The van der Waals surface area contributed by atoms with Crippen LogP contribution in [0.25, 0.3) is 11.4 Å². The lowest BCUT2D eigenvalue weighted by atomic mass is 10.2. The third-order valence-electron chi connectivity index (χ3n) is 3.56. The van der Waals surface area contributed by atoms with E-state index >= 15 is 0 Å². The fourth-order valence-corrected chi connectivity index (χ4v) is 2.39. The number of hydrogen-bond acceptors (Lipinski definition) is 6. The Hall–Kier alpha value is -3.18. The van der Waals surface area contributed by atoms with Crippen LogP contribution >= 0.6 is 11.6 Å². The van der Waals surface area contributed by atoms with Gasteiger partial charge in [0, 0.05) is 23.3 Å². The molecule has 0 N–H and O–H groups in total. The van der Waals surface area contributed by atoms with Crippen molar-refractivity contribution in [2.75, 3.05) is 0 Å². The predicted octanol–water partition coefficient (Wildman–Crippen LogP) is 1.65. The number of aromatic nitrogens is 4. The summed E-state index contributed by atoms with van der Waals surface area (Å²) < 4.78 is 7.30. The van der Waals surface area contributed by atoms with E-state index in [1.165, 1.54) is 10.8 Å². The third kappa shape index (κ3) is 3.22. The molecule has 0 bridgehead atoms. The minimum atomic E-state index is -0.691. The van der Waals surface area contributed by atoms with Gasteiger partial charge in [0.05, 0.1) is 0 Å². The van der Waals surface area contributed by atoms with E-state index < -0.39 is 11.2 Å². The number of nitriles is 1. The lowest BCUT2D eigenvalue weighted by Crippen LogP contribution is -2.41. The topological polar surface area (TPSA) is 107 Å². The molecular formula is C16H12ClN5O3. The second-order valence-electron chi connectivity index (χ2n) is 5.13. The molecule has 0 unspecified atom stereocenters. The van der Waals surface area contributed by atoms with Crippen molar-refractivity contribution in [1.82, 2.24) is 19.3 Å². The molecule has 0 saturated heterocycles. The maximum absolute atomic E-state index is 12.3. The van der Waals surface area contributed by atoms with E-state index in [9.17, 15) is 9.59 Å². The first-order chi connectivity index (χ1) is 12.0. The van der Waals surface area contributed by atoms with Crippen molar-refractivity contribution in [2.45, 2.75) is 20.0 Å². The molecular weight excluding hydrogens is 346 g/mol. The molecule has 0 spiro atoms. The van der Waals surface area contributed by atoms with Gasteiger partial charge in [-0.15, -0.1) is 0 Å². The largest absolute Gasteiger partial charge is 0.337 e. The van der Waals surface area contributed by atoms with Gasteiger partial charge in [0.25, 0.3) is 5.56 Å². The Labute approximate surface area is 146 Å². The van der Waals surface area contributed by atoms with Crippen molar-refractivity contribution in [3.05, 3.63) is 67.8 Å². The van der Waals surface area contributed by atoms with Crippen LogP contribution in [0.15, 0.2) is 44.6 Å². The fourth-order valence-electron chi connectivity index (χ4n) is 2.27. The Morgan fingerprint density at radius 2 is 2.00 bits per heavy atom. The van der Waals surface area contributed by atoms with Gasteiger partial charge in [-0.1, -0.05) is 16.8 Å². The van der Waals surface area contributed by atoms with Crippen LogP contribution in [0.4, 0.5) is 0 Å². The van der Waals surface area contributed by atoms with Crippen molar-refractivity contribution >= 4 is 11.6 Å². The first-order valence-electron chi connectivity index (χ1n) is 7.36. The van der Waals surface area contributed by atoms with Gasteiger partial charge in [-0.3, -0.25) is 9.36 Å². The van der Waals surface area contributed by atoms with E-state index in [0.29, 0.717) is 23.0 Å². The molecule has 0 aliphatic heterocycles. The molecule has 126 valence electrons. The molecule has 1 aromatic carbocycles. The van der Waals surface area contributed by atoms with Gasteiger partial charge in [-0.2, -0.15) is 10.2 Å². The Morgan fingerprint density at radius 1 is 1.28 bits per heavy atom. The second-order valence-corrected chi connectivity index (χ2v) is 5.57. The van der Waals surface area contributed by atoms with Crippen LogP contribution in [0.5, 0.6) is 0 Å². The molecule has 8 nitrogen and oxygen atoms in total. The Morgan fingerprint density at radius 3 is 2.64 bits per heavy atom. The summed E-state index contributed by atoms with van der Waals surface area (Å²) in [6.07, 6.45) is 1.24. The summed E-state index contributed by atoms with van der Waals surface area (Å²) in [6, 6.07) is 8.62. The van der Waals surface area contributed by atoms with Gasteiger partial charge in [0.1, 0.15) is 18.2 Å². The maximum atomic E-state index is 12.3. The van der Waals surface area contributed by atoms with Gasteiger partial charge >= 0.3 is 5.69 Å². The molecule has 0 amide bonds. The molecule has 0 aliphatic carbocycles. The summed E-state index contributed by atoms with van der Waals surface area (Å²) in [5.41, 5.74) is -0.677. The SMILES string of the molecule is CCn1cc(C#N)c(=O)n(Cc2nc(-c3ccc(Cl)cc3)no2)c1=O. The monoisotopic (exact) mass is 357 g/mol. The zero-order valence-corrected chi connectivity index (χ0v) is 13.9. The molecule has 0 radical (unpaired) electrons. The van der Waals surface area contributed by atoms with Crippen LogP contribution in [0.2, 0.25) is 5.02 Å². The number of hydrogen-bond donors (Lipinski definition) is 0. The van der Waals surface area contributed by atoms with Crippen molar-refractivity contribution in [3.8, 4) is 17.5 Å². The van der Waals surface area contributed by atoms with Crippen LogP contribution in [-0.2, 0) is 13.1 Å². The van der Waals surface area contributed by atoms with Crippen molar-refractivity contribution < 1.29 is 4.52 Å². The normalized spacial score (nSPS) is 10.6. The molecule has 0 saturated carbocycles. The molecule has 2 heterocycles. The Balaban J connectivity index is 1.99. The summed E-state index contributed by atoms with van der Waals surface area (Å²) in [7, 11) is 0. The fraction of sp³-hybridized carbons (Fsp3) is 0.188. The minimum absolute atomic E-state index is 0.0851. The molecule has 25 heavy (non-hydrogen) atoms. The Bertz CT molecular complexity index is 1070. The lowest BCUT2D eigenvalue weighted by Gasteiger charge is -2.07. The Kier molecular flexibility index (Phi) is 4.50. The lowest BCUT2D eigenvalue weighted by molar-refractivity contribution is 0.365. The zero-order valence-electron chi connectivity index (χ0n) is 13.1. The van der Waals surface area contributed by atoms with Crippen molar-refractivity contribution in [1.29, 1.82) is 5.26 Å². The van der Waals surface area contributed by atoms with E-state index in [4.69, 9.17) is 21.4 Å². The number of rotatable bonds is 4. The highest BCUT2D eigenvalue weighted by atomic mass is 35.5. The van der Waals surface area contributed by atoms with Crippen LogP contribution in [0.3, 0.4) is 0 Å². The smallest absolute Gasteiger partial charge is 0.331 e. The summed E-state index contributed by atoms with van der Waals surface area (Å²) in [5.74, 6) is 0.397. The standard InChI is InChI=1S/C16H12ClN5O3/c1-2-21-8-11(7-18)15(23)22(16(21)24)9-13-19-14(20-25-13)10-3-5-12(17)6-4-10/h3-6,8H,2,9H2,1H3. The second kappa shape index (κ2) is 6.75. The van der Waals surface area contributed by atoms with E-state index in [1.54, 1.807) is 37.3 Å². The average molecular weight is 358 g/mol. The predicted molar refractivity (Wildman–Crippen MR) is 89.2 cm³/mol. The number of nitrogens with zero attached hydrogens (tertiary/aromatic N) is 5. The highest BCUT2D eigenvalue weighted by Gasteiger charge is 2.15. The van der Waals surface area contributed by atoms with Gasteiger partial charge in [-0.05, 0) is 31.2 Å². The molecule has 2 aromatic heterocycles. The van der Waals surface area contributed by atoms with Crippen LogP contribution in [-0.4, -0.2) is 19.3 Å². The highest BCUT2D eigenvalue weighted by molar-refractivity contribution is 6.30. The molecule has 0 fully saturated rings. The van der Waals surface area contributed by atoms with Crippen LogP contribution in [0.1, 0.15) is 18.4 Å². The summed E-state index contributed by atoms with van der Waals surface area (Å²) in [4.78, 5) is 28.7. The van der Waals surface area contributed by atoms with E-state index in [0.717, 1.165) is 4.57 Å². The summed E-state index contributed by atoms with van der Waals surface area (Å²) in [6.45, 7) is 1.85. The van der Waals surface area contributed by atoms with E-state index in [2.05, 4.69) is 10.1 Å². The van der Waals surface area contributed by atoms with Crippen molar-refractivity contribution in [2.24, 2.45) is 0 Å². The van der Waals surface area contributed by atoms with E-state index in [-0.39, 0.29) is 18.0 Å². The zero-order chi connectivity index (χ0) is 18.0. The number of benzene rings is 1. The van der Waals surface area contributed by atoms with Crippen molar-refractivity contribution in [3.63, 3.8) is 0 Å². The minimum Gasteiger partial charge on any atom is -0.337 e. The molecule has 0 atom stereocenters. The van der Waals surface area contributed by atoms with E-state index in [1.807, 2.05) is 0 Å². The maximum Gasteiger partial charge on any atom is 0.331 e. The number of aryl methyl sites for hydroxylation is 1. The van der Waals surface area contributed by atoms with Gasteiger partial charge in [0.15, 0.2) is 0 Å². The molecule has 3 rings (SSSR count). The van der Waals surface area contributed by atoms with Crippen LogP contribution in [0, 0.1) is 11.3 Å². The average Bonchev–Trinajstić information content (AvgIpc) is 3.08. The first kappa shape index (κ1) is 16.7. The quantitative estimate of drug-likeness (QED) is 0.702. The molecule has 9 heteroatoms. The molecule has 3 aromatic rings.